The van der Waals surface area contributed by atoms with Crippen LogP contribution in [0.4, 0.5) is 0 Å². The molecule has 1 aromatic heterocycles. The molecule has 0 unspecified atom stereocenters. The highest BCUT2D eigenvalue weighted by Crippen LogP contribution is 2.19. The number of carbonyl (C=O) groups excluding carboxylic acids is 1. The van der Waals surface area contributed by atoms with E-state index >= 15 is 0 Å². The van der Waals surface area contributed by atoms with Gasteiger partial charge in [0.05, 0.1) is 5.75 Å². The predicted octanol–water partition coefficient (Wildman–Crippen LogP) is 2.85. The summed E-state index contributed by atoms with van der Waals surface area (Å²) in [7, 11) is 0. The van der Waals surface area contributed by atoms with Crippen LogP contribution in [0.3, 0.4) is 0 Å². The van der Waals surface area contributed by atoms with Crippen molar-refractivity contribution in [2.45, 2.75) is 38.9 Å². The molecule has 2 aromatic rings. The molecule has 0 aliphatic rings. The molecule has 0 spiro atoms. The average Bonchev–Trinajstić information content (AvgIpc) is 2.96. The molecule has 0 fully saturated rings. The number of hydrogen-bond donors (Lipinski definition) is 0. The minimum atomic E-state index is 0.148. The molecule has 23 heavy (non-hydrogen) atoms. The maximum Gasteiger partial charge on any atom is 0.233 e. The van der Waals surface area contributed by atoms with Crippen molar-refractivity contribution >= 4 is 17.7 Å². The van der Waals surface area contributed by atoms with Crippen LogP contribution in [0.2, 0.25) is 0 Å². The van der Waals surface area contributed by atoms with Crippen molar-refractivity contribution in [3.8, 4) is 0 Å². The number of rotatable bonds is 8. The van der Waals surface area contributed by atoms with Crippen LogP contribution >= 0.6 is 11.8 Å². The third-order valence-corrected chi connectivity index (χ3v) is 4.71. The van der Waals surface area contributed by atoms with Crippen LogP contribution < -0.4 is 0 Å². The topological polar surface area (TPSA) is 51.0 Å². The van der Waals surface area contributed by atoms with Gasteiger partial charge in [0.25, 0.3) is 0 Å². The molecule has 0 radical (unpaired) electrons. The summed E-state index contributed by atoms with van der Waals surface area (Å²) in [4.78, 5) is 14.0. The number of hydrogen-bond acceptors (Lipinski definition) is 4. The van der Waals surface area contributed by atoms with Gasteiger partial charge in [-0.2, -0.15) is 0 Å². The van der Waals surface area contributed by atoms with E-state index in [2.05, 4.69) is 33.8 Å². The van der Waals surface area contributed by atoms with Gasteiger partial charge in [-0.1, -0.05) is 42.1 Å². The second kappa shape index (κ2) is 8.72. The van der Waals surface area contributed by atoms with E-state index in [1.165, 1.54) is 17.3 Å². The van der Waals surface area contributed by atoms with Crippen LogP contribution in [0.15, 0.2) is 35.5 Å². The Bertz CT molecular complexity index is 623. The number of amides is 1. The highest BCUT2D eigenvalue weighted by molar-refractivity contribution is 7.99. The largest absolute Gasteiger partial charge is 0.343 e. The third kappa shape index (κ3) is 4.58. The van der Waals surface area contributed by atoms with E-state index in [-0.39, 0.29) is 5.91 Å². The molecule has 1 heterocycles. The van der Waals surface area contributed by atoms with E-state index in [9.17, 15) is 4.79 Å². The lowest BCUT2D eigenvalue weighted by Crippen LogP contribution is -2.31. The van der Waals surface area contributed by atoms with E-state index in [0.29, 0.717) is 5.75 Å². The number of thioether (sulfide) groups is 1. The summed E-state index contributed by atoms with van der Waals surface area (Å²) in [6, 6.07) is 10.2. The quantitative estimate of drug-likeness (QED) is 0.698. The van der Waals surface area contributed by atoms with Crippen LogP contribution in [0.5, 0.6) is 0 Å². The monoisotopic (exact) mass is 332 g/mol. The third-order valence-electron chi connectivity index (χ3n) is 3.76. The van der Waals surface area contributed by atoms with Crippen LogP contribution in [0.1, 0.15) is 32.2 Å². The number of benzene rings is 1. The van der Waals surface area contributed by atoms with Crippen molar-refractivity contribution in [1.82, 2.24) is 19.7 Å². The molecule has 0 aliphatic heterocycles. The maximum absolute atomic E-state index is 12.1. The molecule has 0 saturated carbocycles. The van der Waals surface area contributed by atoms with Gasteiger partial charge in [0.1, 0.15) is 5.82 Å². The molecule has 5 nitrogen and oxygen atoms in total. The van der Waals surface area contributed by atoms with Gasteiger partial charge in [0, 0.05) is 26.1 Å². The zero-order valence-electron chi connectivity index (χ0n) is 14.0. The number of aromatic nitrogens is 3. The maximum atomic E-state index is 12.1. The van der Waals surface area contributed by atoms with Crippen molar-refractivity contribution in [3.05, 3.63) is 41.7 Å². The Morgan fingerprint density at radius 1 is 1.13 bits per heavy atom. The molecule has 0 saturated heterocycles. The first-order valence-electron chi connectivity index (χ1n) is 8.06. The molecular formula is C17H24N4OS. The summed E-state index contributed by atoms with van der Waals surface area (Å²) in [5, 5.41) is 9.40. The minimum absolute atomic E-state index is 0.148. The Morgan fingerprint density at radius 3 is 2.43 bits per heavy atom. The summed E-state index contributed by atoms with van der Waals surface area (Å²) in [6.07, 6.45) is 0.756. The van der Waals surface area contributed by atoms with Gasteiger partial charge in [-0.15, -0.1) is 10.2 Å². The molecule has 2 rings (SSSR count). The first kappa shape index (κ1) is 17.5. The molecule has 0 bridgehead atoms. The molecule has 0 N–H and O–H groups in total. The van der Waals surface area contributed by atoms with E-state index < -0.39 is 0 Å². The molecule has 0 aliphatic carbocycles. The zero-order valence-corrected chi connectivity index (χ0v) is 14.8. The Balaban J connectivity index is 2.04. The second-order valence-electron chi connectivity index (χ2n) is 5.16. The van der Waals surface area contributed by atoms with Gasteiger partial charge in [-0.05, 0) is 26.3 Å². The summed E-state index contributed by atoms with van der Waals surface area (Å²) in [5.74, 6) is 1.50. The lowest BCUT2D eigenvalue weighted by Gasteiger charge is -2.18. The van der Waals surface area contributed by atoms with Gasteiger partial charge in [0.15, 0.2) is 5.16 Å². The van der Waals surface area contributed by atoms with Crippen LogP contribution in [-0.2, 0) is 17.8 Å². The summed E-state index contributed by atoms with van der Waals surface area (Å²) >= 11 is 1.47. The highest BCUT2D eigenvalue weighted by Gasteiger charge is 2.15. The van der Waals surface area contributed by atoms with Crippen LogP contribution in [0, 0.1) is 0 Å². The van der Waals surface area contributed by atoms with Crippen molar-refractivity contribution in [2.75, 3.05) is 18.8 Å². The highest BCUT2D eigenvalue weighted by atomic mass is 32.2. The van der Waals surface area contributed by atoms with E-state index in [0.717, 1.165) is 37.0 Å². The van der Waals surface area contributed by atoms with Gasteiger partial charge in [-0.3, -0.25) is 4.79 Å². The van der Waals surface area contributed by atoms with E-state index in [4.69, 9.17) is 0 Å². The van der Waals surface area contributed by atoms with Crippen LogP contribution in [-0.4, -0.2) is 44.4 Å². The molecule has 124 valence electrons. The van der Waals surface area contributed by atoms with Gasteiger partial charge >= 0.3 is 0 Å². The van der Waals surface area contributed by atoms with Gasteiger partial charge in [-0.25, -0.2) is 0 Å². The SMILES string of the molecule is CCN(CC)C(=O)CSc1nnc(Cc2ccccc2)n1CC. The Hall–Kier alpha value is -1.82. The fourth-order valence-electron chi connectivity index (χ4n) is 2.45. The van der Waals surface area contributed by atoms with E-state index in [1.54, 1.807) is 0 Å². The fraction of sp³-hybridized carbons (Fsp3) is 0.471. The standard InChI is InChI=1S/C17H24N4OS/c1-4-20(5-2)16(22)13-23-17-19-18-15(21(17)6-3)12-14-10-8-7-9-11-14/h7-11H,4-6,12-13H2,1-3H3. The first-order chi connectivity index (χ1) is 11.2. The van der Waals surface area contributed by atoms with Crippen molar-refractivity contribution in [2.24, 2.45) is 0 Å². The number of nitrogens with zero attached hydrogens (tertiary/aromatic N) is 4. The Morgan fingerprint density at radius 2 is 1.83 bits per heavy atom. The smallest absolute Gasteiger partial charge is 0.233 e. The second-order valence-corrected chi connectivity index (χ2v) is 6.10. The van der Waals surface area contributed by atoms with Crippen molar-refractivity contribution < 1.29 is 4.79 Å². The lowest BCUT2D eigenvalue weighted by molar-refractivity contribution is -0.127. The van der Waals surface area contributed by atoms with Gasteiger partial charge in [0.2, 0.25) is 5.91 Å². The molecule has 6 heteroatoms. The Kier molecular flexibility index (Phi) is 6.65. The summed E-state index contributed by atoms with van der Waals surface area (Å²) in [5.41, 5.74) is 1.21. The minimum Gasteiger partial charge on any atom is -0.343 e. The molecular weight excluding hydrogens is 308 g/mol. The van der Waals surface area contributed by atoms with Crippen molar-refractivity contribution in [1.29, 1.82) is 0 Å². The molecule has 1 amide bonds. The molecule has 0 atom stereocenters. The lowest BCUT2D eigenvalue weighted by atomic mass is 10.1. The average molecular weight is 332 g/mol. The van der Waals surface area contributed by atoms with Crippen molar-refractivity contribution in [3.63, 3.8) is 0 Å². The summed E-state index contributed by atoms with van der Waals surface area (Å²) in [6.45, 7) is 8.37. The normalized spacial score (nSPS) is 10.7. The van der Waals surface area contributed by atoms with Crippen LogP contribution in [0.25, 0.3) is 0 Å². The Labute approximate surface area is 142 Å². The fourth-order valence-corrected chi connectivity index (χ4v) is 3.37. The first-order valence-corrected chi connectivity index (χ1v) is 9.04. The summed E-state index contributed by atoms with van der Waals surface area (Å²) < 4.78 is 2.09. The predicted molar refractivity (Wildman–Crippen MR) is 93.6 cm³/mol. The number of carbonyl (C=O) groups is 1. The molecule has 1 aromatic carbocycles. The van der Waals surface area contributed by atoms with Gasteiger partial charge < -0.3 is 9.47 Å². The van der Waals surface area contributed by atoms with E-state index in [1.807, 2.05) is 36.9 Å². The zero-order chi connectivity index (χ0) is 16.7.